The minimum Gasteiger partial charge on any atom is -0.316 e. The molecule has 20 heavy (non-hydrogen) atoms. The summed E-state index contributed by atoms with van der Waals surface area (Å²) in [4.78, 5) is 2.54. The van der Waals surface area contributed by atoms with E-state index in [1.54, 1.807) is 4.68 Å². The number of nitrogens with one attached hydrogen (secondary N) is 1. The van der Waals surface area contributed by atoms with Crippen LogP contribution in [0.1, 0.15) is 37.4 Å². The molecule has 0 spiro atoms. The van der Waals surface area contributed by atoms with Gasteiger partial charge in [0.25, 0.3) is 0 Å². The highest BCUT2D eigenvalue weighted by Crippen LogP contribution is 2.22. The van der Waals surface area contributed by atoms with Crippen molar-refractivity contribution in [3.63, 3.8) is 0 Å². The molecule has 1 fully saturated rings. The Morgan fingerprint density at radius 1 is 1.50 bits per heavy atom. The maximum Gasteiger partial charge on any atom is 0.131 e. The van der Waals surface area contributed by atoms with Gasteiger partial charge < -0.3 is 5.32 Å². The Bertz CT molecular complexity index is 424. The number of nitrogens with zero attached hydrogens (tertiary/aromatic N) is 3. The molecule has 0 bridgehead atoms. The molecule has 1 aliphatic heterocycles. The first-order valence-electron chi connectivity index (χ1n) is 7.72. The zero-order valence-electron chi connectivity index (χ0n) is 13.0. The Morgan fingerprint density at radius 2 is 2.30 bits per heavy atom. The van der Waals surface area contributed by atoms with Gasteiger partial charge in [0, 0.05) is 25.7 Å². The summed E-state index contributed by atoms with van der Waals surface area (Å²) in [5.41, 5.74) is 2.24. The summed E-state index contributed by atoms with van der Waals surface area (Å²) in [5, 5.41) is 8.70. The van der Waals surface area contributed by atoms with E-state index in [9.17, 15) is 0 Å². The largest absolute Gasteiger partial charge is 0.316 e. The SMILES string of the molecule is CCCN(Cc1c(C)nn(C)c1Cl)CC1CCCNC1. The van der Waals surface area contributed by atoms with Crippen molar-refractivity contribution < 1.29 is 0 Å². The normalized spacial score (nSPS) is 19.8. The maximum absolute atomic E-state index is 6.36. The highest BCUT2D eigenvalue weighted by Gasteiger charge is 2.19. The number of aromatic nitrogens is 2. The lowest BCUT2D eigenvalue weighted by atomic mass is 9.99. The van der Waals surface area contributed by atoms with Crippen LogP contribution in [0.3, 0.4) is 0 Å². The Balaban J connectivity index is 2.00. The molecule has 5 heteroatoms. The van der Waals surface area contributed by atoms with Crippen LogP contribution < -0.4 is 5.32 Å². The highest BCUT2D eigenvalue weighted by atomic mass is 35.5. The quantitative estimate of drug-likeness (QED) is 0.876. The van der Waals surface area contributed by atoms with E-state index in [1.807, 2.05) is 14.0 Å². The van der Waals surface area contributed by atoms with E-state index in [1.165, 1.54) is 31.4 Å². The summed E-state index contributed by atoms with van der Waals surface area (Å²) in [7, 11) is 1.91. The molecule has 4 nitrogen and oxygen atoms in total. The molecule has 1 saturated heterocycles. The fourth-order valence-corrected chi connectivity index (χ4v) is 3.31. The monoisotopic (exact) mass is 298 g/mol. The van der Waals surface area contributed by atoms with Gasteiger partial charge in [0.15, 0.2) is 0 Å². The van der Waals surface area contributed by atoms with Gasteiger partial charge in [-0.2, -0.15) is 5.10 Å². The molecule has 1 aromatic heterocycles. The maximum atomic E-state index is 6.36. The predicted molar refractivity (Wildman–Crippen MR) is 84.1 cm³/mol. The summed E-state index contributed by atoms with van der Waals surface area (Å²) in [6.45, 7) is 9.82. The predicted octanol–water partition coefficient (Wildman–Crippen LogP) is 2.59. The number of piperidine rings is 1. The minimum atomic E-state index is 0.769. The Hall–Kier alpha value is -0.580. The van der Waals surface area contributed by atoms with E-state index in [0.29, 0.717) is 0 Å². The van der Waals surface area contributed by atoms with Gasteiger partial charge >= 0.3 is 0 Å². The summed E-state index contributed by atoms with van der Waals surface area (Å²) in [5.74, 6) is 0.769. The molecule has 0 radical (unpaired) electrons. The van der Waals surface area contributed by atoms with E-state index in [0.717, 1.165) is 42.9 Å². The highest BCUT2D eigenvalue weighted by molar-refractivity contribution is 6.30. The second-order valence-electron chi connectivity index (χ2n) is 5.93. The van der Waals surface area contributed by atoms with Crippen molar-refractivity contribution in [2.24, 2.45) is 13.0 Å². The molecule has 1 aromatic rings. The number of hydrogen-bond acceptors (Lipinski definition) is 3. The van der Waals surface area contributed by atoms with Gasteiger partial charge in [-0.3, -0.25) is 9.58 Å². The van der Waals surface area contributed by atoms with Crippen molar-refractivity contribution in [3.05, 3.63) is 16.4 Å². The average Bonchev–Trinajstić information content (AvgIpc) is 2.67. The standard InChI is InChI=1S/C15H27ClN4/c1-4-8-20(10-13-6-5-7-17-9-13)11-14-12(2)18-19(3)15(14)16/h13,17H,4-11H2,1-3H3. The molecule has 114 valence electrons. The third kappa shape index (κ3) is 3.96. The molecule has 1 N–H and O–H groups in total. The second kappa shape index (κ2) is 7.43. The third-order valence-corrected chi connectivity index (χ3v) is 4.58. The van der Waals surface area contributed by atoms with Crippen LogP contribution in [0.2, 0.25) is 5.15 Å². The van der Waals surface area contributed by atoms with Gasteiger partial charge in [-0.15, -0.1) is 0 Å². The topological polar surface area (TPSA) is 33.1 Å². The minimum absolute atomic E-state index is 0.769. The van der Waals surface area contributed by atoms with Crippen LogP contribution in [-0.2, 0) is 13.6 Å². The number of halogens is 1. The third-order valence-electron chi connectivity index (χ3n) is 4.11. The average molecular weight is 299 g/mol. The molecule has 2 heterocycles. The van der Waals surface area contributed by atoms with Crippen LogP contribution in [0, 0.1) is 12.8 Å². The molecular formula is C15H27ClN4. The summed E-state index contributed by atoms with van der Waals surface area (Å²) < 4.78 is 1.78. The number of rotatable bonds is 6. The fraction of sp³-hybridized carbons (Fsp3) is 0.800. The van der Waals surface area contributed by atoms with E-state index < -0.39 is 0 Å². The Morgan fingerprint density at radius 3 is 2.85 bits per heavy atom. The van der Waals surface area contributed by atoms with Crippen molar-refractivity contribution >= 4 is 11.6 Å². The molecule has 1 aliphatic rings. The first-order valence-corrected chi connectivity index (χ1v) is 8.10. The Labute approximate surface area is 127 Å². The van der Waals surface area contributed by atoms with Gasteiger partial charge in [-0.05, 0) is 51.7 Å². The van der Waals surface area contributed by atoms with Crippen molar-refractivity contribution in [3.8, 4) is 0 Å². The first-order chi connectivity index (χ1) is 9.61. The van der Waals surface area contributed by atoms with Crippen LogP contribution in [0.25, 0.3) is 0 Å². The van der Waals surface area contributed by atoms with Crippen LogP contribution in [0.4, 0.5) is 0 Å². The molecule has 0 amide bonds. The van der Waals surface area contributed by atoms with Crippen LogP contribution >= 0.6 is 11.6 Å². The van der Waals surface area contributed by atoms with Gasteiger partial charge in [-0.1, -0.05) is 18.5 Å². The molecular weight excluding hydrogens is 272 g/mol. The number of aryl methyl sites for hydroxylation is 2. The van der Waals surface area contributed by atoms with E-state index >= 15 is 0 Å². The zero-order valence-corrected chi connectivity index (χ0v) is 13.7. The van der Waals surface area contributed by atoms with E-state index in [-0.39, 0.29) is 0 Å². The lowest BCUT2D eigenvalue weighted by Gasteiger charge is -2.30. The van der Waals surface area contributed by atoms with Crippen molar-refractivity contribution in [2.75, 3.05) is 26.2 Å². The molecule has 0 aliphatic carbocycles. The van der Waals surface area contributed by atoms with Gasteiger partial charge in [0.05, 0.1) is 5.69 Å². The van der Waals surface area contributed by atoms with Gasteiger partial charge in [0.1, 0.15) is 5.15 Å². The summed E-state index contributed by atoms with van der Waals surface area (Å²) >= 11 is 6.36. The van der Waals surface area contributed by atoms with Gasteiger partial charge in [0.2, 0.25) is 0 Å². The van der Waals surface area contributed by atoms with Crippen LogP contribution in [0.15, 0.2) is 0 Å². The van der Waals surface area contributed by atoms with Crippen LogP contribution in [0.5, 0.6) is 0 Å². The second-order valence-corrected chi connectivity index (χ2v) is 6.28. The molecule has 2 rings (SSSR count). The molecule has 1 unspecified atom stereocenters. The van der Waals surface area contributed by atoms with E-state index in [2.05, 4.69) is 22.2 Å². The van der Waals surface area contributed by atoms with Crippen LogP contribution in [-0.4, -0.2) is 40.9 Å². The lowest BCUT2D eigenvalue weighted by molar-refractivity contribution is 0.201. The summed E-state index contributed by atoms with van der Waals surface area (Å²) in [6, 6.07) is 0. The van der Waals surface area contributed by atoms with Crippen molar-refractivity contribution in [1.29, 1.82) is 0 Å². The fourth-order valence-electron chi connectivity index (χ4n) is 3.07. The molecule has 1 atom stereocenters. The van der Waals surface area contributed by atoms with Gasteiger partial charge in [-0.25, -0.2) is 0 Å². The number of hydrogen-bond donors (Lipinski definition) is 1. The van der Waals surface area contributed by atoms with E-state index in [4.69, 9.17) is 11.6 Å². The van der Waals surface area contributed by atoms with Crippen molar-refractivity contribution in [1.82, 2.24) is 20.0 Å². The Kier molecular flexibility index (Phi) is 5.87. The lowest BCUT2D eigenvalue weighted by Crippen LogP contribution is -2.38. The molecule has 0 aromatic carbocycles. The summed E-state index contributed by atoms with van der Waals surface area (Å²) in [6.07, 6.45) is 3.82. The smallest absolute Gasteiger partial charge is 0.131 e. The first kappa shape index (κ1) is 15.8. The molecule has 0 saturated carbocycles. The van der Waals surface area contributed by atoms with Crippen molar-refractivity contribution in [2.45, 2.75) is 39.7 Å². The zero-order chi connectivity index (χ0) is 14.5.